The first-order valence-electron chi connectivity index (χ1n) is 6.16. The maximum Gasteiger partial charge on any atom is 0.165 e. The monoisotopic (exact) mass is 251 g/mol. The molecule has 98 valence electrons. The van der Waals surface area contributed by atoms with Crippen LogP contribution in [0.15, 0.2) is 18.2 Å². The highest BCUT2D eigenvalue weighted by Crippen LogP contribution is 2.18. The SMILES string of the molecule is N=C(N)c1ccc(OCCN2CCCC2)c(F)c1. The van der Waals surface area contributed by atoms with Gasteiger partial charge in [-0.2, -0.15) is 0 Å². The molecule has 2 rings (SSSR count). The van der Waals surface area contributed by atoms with Crippen molar-refractivity contribution in [2.75, 3.05) is 26.2 Å². The van der Waals surface area contributed by atoms with E-state index in [1.165, 1.54) is 25.0 Å². The standard InChI is InChI=1S/C13H18FN3O/c14-11-9-10(13(15)16)3-4-12(11)18-8-7-17-5-1-2-6-17/h3-4,9H,1-2,5-8H2,(H3,15,16). The van der Waals surface area contributed by atoms with Crippen molar-refractivity contribution in [3.05, 3.63) is 29.6 Å². The van der Waals surface area contributed by atoms with Gasteiger partial charge < -0.3 is 10.5 Å². The molecule has 0 atom stereocenters. The Labute approximate surface area is 106 Å². The van der Waals surface area contributed by atoms with Gasteiger partial charge in [0.1, 0.15) is 12.4 Å². The van der Waals surface area contributed by atoms with E-state index in [4.69, 9.17) is 15.9 Å². The number of likely N-dealkylation sites (tertiary alicyclic amines) is 1. The van der Waals surface area contributed by atoms with E-state index < -0.39 is 5.82 Å². The van der Waals surface area contributed by atoms with Crippen LogP contribution in [0.3, 0.4) is 0 Å². The minimum Gasteiger partial charge on any atom is -0.489 e. The summed E-state index contributed by atoms with van der Waals surface area (Å²) in [4.78, 5) is 2.31. The van der Waals surface area contributed by atoms with E-state index in [1.54, 1.807) is 6.07 Å². The van der Waals surface area contributed by atoms with E-state index >= 15 is 0 Å². The second kappa shape index (κ2) is 5.82. The van der Waals surface area contributed by atoms with E-state index in [2.05, 4.69) is 4.90 Å². The van der Waals surface area contributed by atoms with E-state index in [-0.39, 0.29) is 11.6 Å². The lowest BCUT2D eigenvalue weighted by Gasteiger charge is -2.15. The lowest BCUT2D eigenvalue weighted by atomic mass is 10.2. The van der Waals surface area contributed by atoms with E-state index in [0.29, 0.717) is 12.2 Å². The Bertz CT molecular complexity index is 430. The third-order valence-corrected chi connectivity index (χ3v) is 3.11. The molecule has 18 heavy (non-hydrogen) atoms. The average molecular weight is 251 g/mol. The highest BCUT2D eigenvalue weighted by molar-refractivity contribution is 5.95. The maximum atomic E-state index is 13.6. The Balaban J connectivity index is 1.87. The Hall–Kier alpha value is -1.62. The van der Waals surface area contributed by atoms with Crippen molar-refractivity contribution in [2.45, 2.75) is 12.8 Å². The van der Waals surface area contributed by atoms with Gasteiger partial charge in [0, 0.05) is 12.1 Å². The van der Waals surface area contributed by atoms with Crippen LogP contribution in [0.2, 0.25) is 0 Å². The molecule has 1 aliphatic heterocycles. The fourth-order valence-electron chi connectivity index (χ4n) is 2.08. The number of hydrogen-bond acceptors (Lipinski definition) is 3. The summed E-state index contributed by atoms with van der Waals surface area (Å²) in [7, 11) is 0. The van der Waals surface area contributed by atoms with Crippen molar-refractivity contribution < 1.29 is 9.13 Å². The third-order valence-electron chi connectivity index (χ3n) is 3.11. The second-order valence-electron chi connectivity index (χ2n) is 4.46. The first-order valence-corrected chi connectivity index (χ1v) is 6.16. The fraction of sp³-hybridized carbons (Fsp3) is 0.462. The lowest BCUT2D eigenvalue weighted by Crippen LogP contribution is -2.25. The van der Waals surface area contributed by atoms with Crippen molar-refractivity contribution in [1.29, 1.82) is 5.41 Å². The van der Waals surface area contributed by atoms with Gasteiger partial charge in [0.05, 0.1) is 0 Å². The van der Waals surface area contributed by atoms with E-state index in [0.717, 1.165) is 19.6 Å². The van der Waals surface area contributed by atoms with Gasteiger partial charge in [0.15, 0.2) is 11.6 Å². The van der Waals surface area contributed by atoms with Crippen molar-refractivity contribution in [3.63, 3.8) is 0 Å². The van der Waals surface area contributed by atoms with Crippen LogP contribution in [0, 0.1) is 11.2 Å². The summed E-state index contributed by atoms with van der Waals surface area (Å²) in [6, 6.07) is 4.35. The number of hydrogen-bond donors (Lipinski definition) is 2. The molecule has 0 spiro atoms. The van der Waals surface area contributed by atoms with Crippen LogP contribution in [0.1, 0.15) is 18.4 Å². The number of nitrogens with two attached hydrogens (primary N) is 1. The molecule has 5 heteroatoms. The predicted octanol–water partition coefficient (Wildman–Crippen LogP) is 1.58. The molecule has 1 aromatic carbocycles. The molecular weight excluding hydrogens is 233 g/mol. The topological polar surface area (TPSA) is 62.3 Å². The van der Waals surface area contributed by atoms with Crippen molar-refractivity contribution in [1.82, 2.24) is 4.90 Å². The highest BCUT2D eigenvalue weighted by atomic mass is 19.1. The Morgan fingerprint density at radius 1 is 1.39 bits per heavy atom. The zero-order chi connectivity index (χ0) is 13.0. The van der Waals surface area contributed by atoms with Crippen LogP contribution in [0.4, 0.5) is 4.39 Å². The first-order chi connectivity index (χ1) is 8.66. The maximum absolute atomic E-state index is 13.6. The van der Waals surface area contributed by atoms with Gasteiger partial charge in [-0.3, -0.25) is 10.3 Å². The van der Waals surface area contributed by atoms with Crippen LogP contribution in [-0.4, -0.2) is 37.0 Å². The molecule has 0 radical (unpaired) electrons. The Morgan fingerprint density at radius 2 is 2.11 bits per heavy atom. The summed E-state index contributed by atoms with van der Waals surface area (Å²) in [5, 5.41) is 7.22. The van der Waals surface area contributed by atoms with Crippen molar-refractivity contribution in [3.8, 4) is 5.75 Å². The summed E-state index contributed by atoms with van der Waals surface area (Å²) in [6.07, 6.45) is 2.48. The van der Waals surface area contributed by atoms with Crippen molar-refractivity contribution >= 4 is 5.84 Å². The molecule has 1 heterocycles. The molecule has 1 fully saturated rings. The molecule has 0 unspecified atom stereocenters. The number of rotatable bonds is 5. The minimum atomic E-state index is -0.468. The lowest BCUT2D eigenvalue weighted by molar-refractivity contribution is 0.231. The number of nitrogen functional groups attached to an aromatic ring is 1. The molecule has 1 aromatic rings. The van der Waals surface area contributed by atoms with Gasteiger partial charge in [0.25, 0.3) is 0 Å². The molecule has 4 nitrogen and oxygen atoms in total. The Morgan fingerprint density at radius 3 is 2.72 bits per heavy atom. The van der Waals surface area contributed by atoms with Crippen LogP contribution in [-0.2, 0) is 0 Å². The molecule has 1 saturated heterocycles. The van der Waals surface area contributed by atoms with Crippen LogP contribution in [0.5, 0.6) is 5.75 Å². The quantitative estimate of drug-likeness (QED) is 0.617. The van der Waals surface area contributed by atoms with Crippen LogP contribution < -0.4 is 10.5 Å². The number of amidine groups is 1. The zero-order valence-corrected chi connectivity index (χ0v) is 10.3. The van der Waals surface area contributed by atoms with Crippen molar-refractivity contribution in [2.24, 2.45) is 5.73 Å². The van der Waals surface area contributed by atoms with Gasteiger partial charge in [-0.1, -0.05) is 0 Å². The van der Waals surface area contributed by atoms with Gasteiger partial charge in [-0.05, 0) is 44.1 Å². The van der Waals surface area contributed by atoms with Crippen LogP contribution in [0.25, 0.3) is 0 Å². The Kier molecular flexibility index (Phi) is 4.15. The van der Waals surface area contributed by atoms with E-state index in [9.17, 15) is 4.39 Å². The summed E-state index contributed by atoms with van der Waals surface area (Å²) < 4.78 is 19.0. The summed E-state index contributed by atoms with van der Waals surface area (Å²) in [5.41, 5.74) is 5.66. The number of benzene rings is 1. The van der Waals surface area contributed by atoms with Gasteiger partial charge in [0.2, 0.25) is 0 Å². The van der Waals surface area contributed by atoms with E-state index in [1.807, 2.05) is 0 Å². The number of nitrogens with zero attached hydrogens (tertiary/aromatic N) is 1. The molecule has 0 aromatic heterocycles. The molecule has 0 bridgehead atoms. The second-order valence-corrected chi connectivity index (χ2v) is 4.46. The summed E-state index contributed by atoms with van der Waals surface area (Å²) in [6.45, 7) is 3.52. The first kappa shape index (κ1) is 12.8. The minimum absolute atomic E-state index is 0.141. The third kappa shape index (κ3) is 3.20. The molecular formula is C13H18FN3O. The molecule has 3 N–H and O–H groups in total. The molecule has 0 aliphatic carbocycles. The normalized spacial score (nSPS) is 15.8. The highest BCUT2D eigenvalue weighted by Gasteiger charge is 2.12. The number of halogens is 1. The fourth-order valence-corrected chi connectivity index (χ4v) is 2.08. The predicted molar refractivity (Wildman–Crippen MR) is 68.6 cm³/mol. The summed E-state index contributed by atoms with van der Waals surface area (Å²) >= 11 is 0. The molecule has 0 saturated carbocycles. The number of nitrogens with one attached hydrogen (secondary N) is 1. The smallest absolute Gasteiger partial charge is 0.165 e. The summed E-state index contributed by atoms with van der Waals surface area (Å²) in [5.74, 6) is -0.388. The molecule has 1 aliphatic rings. The van der Waals surface area contributed by atoms with Gasteiger partial charge >= 0.3 is 0 Å². The molecule has 0 amide bonds. The largest absolute Gasteiger partial charge is 0.489 e. The zero-order valence-electron chi connectivity index (χ0n) is 10.3. The van der Waals surface area contributed by atoms with Crippen LogP contribution >= 0.6 is 0 Å². The van der Waals surface area contributed by atoms with Gasteiger partial charge in [-0.15, -0.1) is 0 Å². The number of ether oxygens (including phenoxy) is 1. The van der Waals surface area contributed by atoms with Gasteiger partial charge in [-0.25, -0.2) is 4.39 Å². The average Bonchev–Trinajstić information content (AvgIpc) is 2.84.